The number of allylic oxidation sites excluding steroid dienone is 6. The Kier molecular flexibility index (Phi) is 4.65. The minimum absolute atomic E-state index is 0.124. The highest BCUT2D eigenvalue weighted by atomic mass is 16.5. The average Bonchev–Trinajstić information content (AvgIpc) is 2.71. The van der Waals surface area contributed by atoms with Crippen LogP contribution in [0.5, 0.6) is 0 Å². The molecule has 0 fully saturated rings. The summed E-state index contributed by atoms with van der Waals surface area (Å²) in [6, 6.07) is 0. The second-order valence-corrected chi connectivity index (χ2v) is 6.91. The summed E-state index contributed by atoms with van der Waals surface area (Å²) in [5, 5.41) is 10.1. The lowest BCUT2D eigenvalue weighted by Gasteiger charge is -2.36. The van der Waals surface area contributed by atoms with Crippen LogP contribution in [0.2, 0.25) is 0 Å². The van der Waals surface area contributed by atoms with Crippen molar-refractivity contribution in [3.63, 3.8) is 0 Å². The first-order chi connectivity index (χ1) is 10.2. The molecular formula is C20H28O2. The van der Waals surface area contributed by atoms with Crippen molar-refractivity contribution in [1.29, 1.82) is 0 Å². The van der Waals surface area contributed by atoms with Crippen LogP contribution < -0.4 is 0 Å². The van der Waals surface area contributed by atoms with Crippen LogP contribution in [-0.4, -0.2) is 21.9 Å². The van der Waals surface area contributed by atoms with E-state index < -0.39 is 11.2 Å². The Morgan fingerprint density at radius 3 is 1.73 bits per heavy atom. The van der Waals surface area contributed by atoms with E-state index in [1.165, 1.54) is 0 Å². The summed E-state index contributed by atoms with van der Waals surface area (Å²) in [7, 11) is 0. The fraction of sp³-hybridized carbons (Fsp3) is 0.500. The van der Waals surface area contributed by atoms with Gasteiger partial charge in [-0.25, -0.2) is 0 Å². The van der Waals surface area contributed by atoms with E-state index in [1.54, 1.807) is 6.92 Å². The van der Waals surface area contributed by atoms with Gasteiger partial charge in [0.2, 0.25) is 0 Å². The number of hydrogen-bond donors (Lipinski definition) is 1. The lowest BCUT2D eigenvalue weighted by Crippen LogP contribution is -2.37. The Labute approximate surface area is 134 Å². The first-order valence-corrected chi connectivity index (χ1v) is 8.15. The summed E-state index contributed by atoms with van der Waals surface area (Å²) >= 11 is 0. The van der Waals surface area contributed by atoms with Gasteiger partial charge < -0.3 is 9.84 Å². The summed E-state index contributed by atoms with van der Waals surface area (Å²) in [6.07, 6.45) is 17.9. The SMILES string of the molecule is CCC(C)(CC)OC1(C)C=CC2=C(C=CC(C)(O)C=C2)C=C1. The van der Waals surface area contributed by atoms with Gasteiger partial charge in [0.25, 0.3) is 0 Å². The molecule has 0 bridgehead atoms. The molecule has 1 N–H and O–H groups in total. The van der Waals surface area contributed by atoms with Gasteiger partial charge in [-0.1, -0.05) is 38.2 Å². The molecule has 0 spiro atoms. The van der Waals surface area contributed by atoms with E-state index in [-0.39, 0.29) is 5.60 Å². The number of hydrogen-bond acceptors (Lipinski definition) is 2. The number of aliphatic hydroxyl groups is 1. The van der Waals surface area contributed by atoms with Gasteiger partial charge >= 0.3 is 0 Å². The molecule has 2 aliphatic carbocycles. The predicted octanol–water partition coefficient (Wildman–Crippen LogP) is 4.64. The molecule has 0 radical (unpaired) electrons. The van der Waals surface area contributed by atoms with E-state index in [0.717, 1.165) is 24.0 Å². The molecule has 0 heterocycles. The third-order valence-corrected chi connectivity index (χ3v) is 4.68. The molecule has 0 aliphatic heterocycles. The molecule has 2 nitrogen and oxygen atoms in total. The van der Waals surface area contributed by atoms with E-state index in [2.05, 4.69) is 52.0 Å². The molecule has 0 saturated carbocycles. The number of rotatable bonds is 4. The van der Waals surface area contributed by atoms with Gasteiger partial charge in [0.05, 0.1) is 11.2 Å². The van der Waals surface area contributed by atoms with Crippen LogP contribution in [0.15, 0.2) is 59.8 Å². The zero-order chi connectivity index (χ0) is 16.4. The summed E-state index contributed by atoms with van der Waals surface area (Å²) < 4.78 is 6.43. The van der Waals surface area contributed by atoms with Crippen molar-refractivity contribution in [2.75, 3.05) is 0 Å². The van der Waals surface area contributed by atoms with Crippen molar-refractivity contribution in [2.24, 2.45) is 0 Å². The van der Waals surface area contributed by atoms with E-state index in [4.69, 9.17) is 4.74 Å². The molecule has 2 aliphatic rings. The molecule has 0 amide bonds. The van der Waals surface area contributed by atoms with E-state index in [9.17, 15) is 5.11 Å². The Bertz CT molecular complexity index is 531. The maximum atomic E-state index is 10.1. The highest BCUT2D eigenvalue weighted by Gasteiger charge is 2.31. The quantitative estimate of drug-likeness (QED) is 0.819. The minimum atomic E-state index is -0.892. The fourth-order valence-corrected chi connectivity index (χ4v) is 2.63. The van der Waals surface area contributed by atoms with Gasteiger partial charge in [-0.3, -0.25) is 0 Å². The highest BCUT2D eigenvalue weighted by molar-refractivity contribution is 5.52. The third kappa shape index (κ3) is 3.88. The molecule has 0 unspecified atom stereocenters. The monoisotopic (exact) mass is 300 g/mol. The minimum Gasteiger partial charge on any atom is -0.382 e. The molecule has 0 atom stereocenters. The van der Waals surface area contributed by atoms with E-state index in [0.29, 0.717) is 0 Å². The van der Waals surface area contributed by atoms with Crippen molar-refractivity contribution >= 4 is 0 Å². The normalized spacial score (nSPS) is 22.5. The van der Waals surface area contributed by atoms with Crippen LogP contribution in [0.3, 0.4) is 0 Å². The van der Waals surface area contributed by atoms with Crippen LogP contribution in [0.1, 0.15) is 47.5 Å². The lowest BCUT2D eigenvalue weighted by molar-refractivity contribution is -0.0971. The Morgan fingerprint density at radius 1 is 0.909 bits per heavy atom. The van der Waals surface area contributed by atoms with E-state index >= 15 is 0 Å². The van der Waals surface area contributed by atoms with Crippen LogP contribution in [0.25, 0.3) is 0 Å². The Morgan fingerprint density at radius 2 is 1.32 bits per heavy atom. The zero-order valence-electron chi connectivity index (χ0n) is 14.4. The molecule has 0 aromatic heterocycles. The summed E-state index contributed by atoms with van der Waals surface area (Å²) in [6.45, 7) is 10.4. The average molecular weight is 300 g/mol. The molecular weight excluding hydrogens is 272 g/mol. The van der Waals surface area contributed by atoms with Crippen molar-refractivity contribution in [1.82, 2.24) is 0 Å². The van der Waals surface area contributed by atoms with Gasteiger partial charge in [0, 0.05) is 0 Å². The Balaban J connectivity index is 2.28. The maximum absolute atomic E-state index is 10.1. The largest absolute Gasteiger partial charge is 0.382 e. The van der Waals surface area contributed by atoms with Gasteiger partial charge in [-0.05, 0) is 69.1 Å². The van der Waals surface area contributed by atoms with Crippen molar-refractivity contribution in [3.05, 3.63) is 59.8 Å². The van der Waals surface area contributed by atoms with Crippen molar-refractivity contribution in [2.45, 2.75) is 64.3 Å². The van der Waals surface area contributed by atoms with E-state index in [1.807, 2.05) is 24.3 Å². The standard InChI is InChI=1S/C20H28O2/c1-6-19(4,7-2)22-20(5)14-10-16-8-12-18(3,21)13-9-17(16)11-15-20/h8-15,21H,6-7H2,1-5H3. The molecule has 2 rings (SSSR count). The van der Waals surface area contributed by atoms with Gasteiger partial charge in [-0.15, -0.1) is 0 Å². The van der Waals surface area contributed by atoms with Gasteiger partial charge in [0.1, 0.15) is 5.60 Å². The maximum Gasteiger partial charge on any atom is 0.103 e. The first-order valence-electron chi connectivity index (χ1n) is 8.15. The molecule has 22 heavy (non-hydrogen) atoms. The predicted molar refractivity (Wildman–Crippen MR) is 92.7 cm³/mol. The second-order valence-electron chi connectivity index (χ2n) is 6.91. The van der Waals surface area contributed by atoms with Crippen LogP contribution >= 0.6 is 0 Å². The Hall–Kier alpha value is -1.38. The smallest absolute Gasteiger partial charge is 0.103 e. The lowest BCUT2D eigenvalue weighted by atomic mass is 9.96. The number of ether oxygens (including phenoxy) is 1. The summed E-state index contributed by atoms with van der Waals surface area (Å²) in [5.41, 5.74) is 0.744. The first kappa shape index (κ1) is 17.0. The molecule has 0 aromatic rings. The highest BCUT2D eigenvalue weighted by Crippen LogP contribution is 2.32. The molecule has 0 saturated heterocycles. The zero-order valence-corrected chi connectivity index (χ0v) is 14.4. The second kappa shape index (κ2) is 6.02. The van der Waals surface area contributed by atoms with Gasteiger partial charge in [0.15, 0.2) is 0 Å². The molecule has 0 aromatic carbocycles. The molecule has 2 heteroatoms. The van der Waals surface area contributed by atoms with Crippen molar-refractivity contribution in [3.8, 4) is 0 Å². The third-order valence-electron chi connectivity index (χ3n) is 4.68. The molecule has 120 valence electrons. The summed E-state index contributed by atoms with van der Waals surface area (Å²) in [5.74, 6) is 0. The van der Waals surface area contributed by atoms with Crippen LogP contribution in [-0.2, 0) is 4.74 Å². The fourth-order valence-electron chi connectivity index (χ4n) is 2.63. The van der Waals surface area contributed by atoms with Gasteiger partial charge in [-0.2, -0.15) is 0 Å². The summed E-state index contributed by atoms with van der Waals surface area (Å²) in [4.78, 5) is 0. The van der Waals surface area contributed by atoms with Crippen LogP contribution in [0.4, 0.5) is 0 Å². The topological polar surface area (TPSA) is 29.5 Å². The van der Waals surface area contributed by atoms with Crippen LogP contribution in [0, 0.1) is 0 Å². The van der Waals surface area contributed by atoms with Crippen molar-refractivity contribution < 1.29 is 9.84 Å².